The number of ether oxygens (including phenoxy) is 2. The van der Waals surface area contributed by atoms with E-state index in [1.807, 2.05) is 16.8 Å². The molecule has 0 spiro atoms. The third kappa shape index (κ3) is 5.23. The van der Waals surface area contributed by atoms with Gasteiger partial charge in [0.2, 0.25) is 0 Å². The van der Waals surface area contributed by atoms with E-state index in [-0.39, 0.29) is 24.6 Å². The number of benzene rings is 1. The lowest BCUT2D eigenvalue weighted by Crippen LogP contribution is -2.37. The number of aliphatic hydroxyl groups excluding tert-OH is 1. The first-order valence-corrected chi connectivity index (χ1v) is 10.6. The third-order valence-electron chi connectivity index (χ3n) is 5.65. The summed E-state index contributed by atoms with van der Waals surface area (Å²) >= 11 is 0. The van der Waals surface area contributed by atoms with Gasteiger partial charge in [0.05, 0.1) is 50.8 Å². The van der Waals surface area contributed by atoms with Crippen LogP contribution in [0.25, 0.3) is 0 Å². The molecule has 1 N–H and O–H groups in total. The van der Waals surface area contributed by atoms with Crippen LogP contribution in [0.15, 0.2) is 28.5 Å². The Bertz CT molecular complexity index is 806. The molecule has 3 aliphatic heterocycles. The molecule has 1 aromatic rings. The van der Waals surface area contributed by atoms with Gasteiger partial charge in [0.15, 0.2) is 0 Å². The smallest absolute Gasteiger partial charge is 0.414 e. The molecule has 2 saturated heterocycles. The normalized spacial score (nSPS) is 23.9. The number of cyclic esters (lactones) is 1. The molecule has 4 rings (SSSR count). The maximum atomic E-state index is 14.7. The van der Waals surface area contributed by atoms with Gasteiger partial charge in [-0.15, -0.1) is 0 Å². The lowest BCUT2D eigenvalue weighted by molar-refractivity contribution is 0.112. The topological polar surface area (TPSA) is 93.4 Å². The molecule has 11 heteroatoms. The van der Waals surface area contributed by atoms with Crippen LogP contribution >= 0.6 is 0 Å². The average molecular weight is 436 g/mol. The fourth-order valence-electron chi connectivity index (χ4n) is 4.08. The van der Waals surface area contributed by atoms with Crippen LogP contribution in [0.4, 0.5) is 20.6 Å². The molecule has 0 aliphatic carbocycles. The van der Waals surface area contributed by atoms with Gasteiger partial charge in [-0.05, 0) is 25.2 Å². The van der Waals surface area contributed by atoms with Crippen molar-refractivity contribution in [3.05, 3.63) is 24.0 Å². The van der Waals surface area contributed by atoms with Crippen molar-refractivity contribution in [1.82, 2.24) is 9.91 Å². The molecule has 0 saturated carbocycles. The number of aliphatic hydroxyl groups is 1. The summed E-state index contributed by atoms with van der Waals surface area (Å²) in [6.45, 7) is 5.22. The van der Waals surface area contributed by atoms with E-state index in [0.29, 0.717) is 70.4 Å². The summed E-state index contributed by atoms with van der Waals surface area (Å²) in [4.78, 5) is 17.8. The van der Waals surface area contributed by atoms with Crippen molar-refractivity contribution >= 4 is 17.5 Å². The highest BCUT2D eigenvalue weighted by molar-refractivity contribution is 5.90. The zero-order chi connectivity index (χ0) is 21.8. The molecule has 170 valence electrons. The van der Waals surface area contributed by atoms with Gasteiger partial charge in [-0.25, -0.2) is 9.18 Å². The third-order valence-corrected chi connectivity index (χ3v) is 5.65. The Morgan fingerprint density at radius 3 is 2.84 bits per heavy atom. The first-order chi connectivity index (χ1) is 15.0. The Labute approximate surface area is 180 Å². The number of anilines is 2. The minimum atomic E-state index is -0.487. The molecular weight excluding hydrogens is 407 g/mol. The number of morpholine rings is 1. The monoisotopic (exact) mass is 436 g/mol. The molecule has 3 heterocycles. The minimum absolute atomic E-state index is 0.0200. The van der Waals surface area contributed by atoms with Gasteiger partial charge in [-0.1, -0.05) is 5.22 Å². The predicted octanol–water partition coefficient (Wildman–Crippen LogP) is 0.963. The Morgan fingerprint density at radius 2 is 2.10 bits per heavy atom. The van der Waals surface area contributed by atoms with Gasteiger partial charge in [0.25, 0.3) is 0 Å². The summed E-state index contributed by atoms with van der Waals surface area (Å²) in [5, 5.41) is 19.2. The quantitative estimate of drug-likeness (QED) is 0.649. The van der Waals surface area contributed by atoms with E-state index in [1.54, 1.807) is 17.1 Å². The summed E-state index contributed by atoms with van der Waals surface area (Å²) < 4.78 is 25.5. The lowest BCUT2D eigenvalue weighted by Gasteiger charge is -2.29. The number of hydrogen-bond donors (Lipinski definition) is 1. The highest BCUT2D eigenvalue weighted by atomic mass is 19.1. The van der Waals surface area contributed by atoms with Crippen molar-refractivity contribution in [3.8, 4) is 0 Å². The van der Waals surface area contributed by atoms with E-state index in [1.165, 1.54) is 11.0 Å². The molecule has 2 fully saturated rings. The molecule has 2 atom stereocenters. The predicted molar refractivity (Wildman–Crippen MR) is 112 cm³/mol. The number of halogens is 1. The van der Waals surface area contributed by atoms with E-state index in [9.17, 15) is 9.18 Å². The van der Waals surface area contributed by atoms with E-state index in [2.05, 4.69) is 10.3 Å². The molecule has 0 bridgehead atoms. The first kappa shape index (κ1) is 21.7. The summed E-state index contributed by atoms with van der Waals surface area (Å²) in [6.07, 6.45) is -0.860. The molecule has 1 aromatic carbocycles. The Hall–Kier alpha value is -2.50. The summed E-state index contributed by atoms with van der Waals surface area (Å²) in [6, 6.07) is 4.86. The fourth-order valence-corrected chi connectivity index (χ4v) is 4.08. The zero-order valence-electron chi connectivity index (χ0n) is 17.7. The van der Waals surface area contributed by atoms with Crippen LogP contribution in [0.1, 0.15) is 0 Å². The number of rotatable bonds is 8. The van der Waals surface area contributed by atoms with Gasteiger partial charge in [-0.2, -0.15) is 5.11 Å². The molecule has 0 radical (unpaired) electrons. The van der Waals surface area contributed by atoms with Crippen LogP contribution in [-0.4, -0.2) is 106 Å². The van der Waals surface area contributed by atoms with Crippen LogP contribution in [0.2, 0.25) is 0 Å². The molecule has 3 aliphatic rings. The Kier molecular flexibility index (Phi) is 6.83. The van der Waals surface area contributed by atoms with Crippen LogP contribution in [0.5, 0.6) is 0 Å². The molecule has 1 unspecified atom stereocenters. The van der Waals surface area contributed by atoms with Gasteiger partial charge >= 0.3 is 6.09 Å². The Balaban J connectivity index is 1.31. The van der Waals surface area contributed by atoms with E-state index >= 15 is 0 Å². The van der Waals surface area contributed by atoms with Gasteiger partial charge < -0.3 is 24.4 Å². The lowest BCUT2D eigenvalue weighted by atomic mass is 10.2. The summed E-state index contributed by atoms with van der Waals surface area (Å²) in [7, 11) is 1.93. The van der Waals surface area contributed by atoms with Crippen LogP contribution in [0, 0.1) is 5.82 Å². The summed E-state index contributed by atoms with van der Waals surface area (Å²) in [5.74, 6) is -0.362. The second kappa shape index (κ2) is 9.75. The molecule has 10 nitrogen and oxygen atoms in total. The van der Waals surface area contributed by atoms with Crippen molar-refractivity contribution in [2.45, 2.75) is 12.1 Å². The van der Waals surface area contributed by atoms with Gasteiger partial charge in [0, 0.05) is 26.2 Å². The number of likely N-dealkylation sites (N-methyl/N-ethyl adjacent to an activating group) is 1. The number of carbonyl (C=O) groups is 1. The second-order valence-corrected chi connectivity index (χ2v) is 8.07. The highest BCUT2D eigenvalue weighted by Gasteiger charge is 2.35. The number of nitrogens with zero attached hydrogens (tertiary/aromatic N) is 6. The standard InChI is InChI=1S/C20H29FN6O4/c1-24(4-7-28)11-15-12-26(23-22-15)13-17-14-27(20(29)31-17)16-2-3-19(18(21)10-16)25-5-8-30-9-6-25/h2-3,10,15,17,28H,4-9,11-14H2,1H3/t15?,17-/m0/s1. The highest BCUT2D eigenvalue weighted by Crippen LogP contribution is 2.29. The van der Waals surface area contributed by atoms with Crippen molar-refractivity contribution in [2.24, 2.45) is 10.3 Å². The zero-order valence-corrected chi connectivity index (χ0v) is 17.7. The molecule has 0 aromatic heterocycles. The number of hydrogen-bond acceptors (Lipinski definition) is 9. The van der Waals surface area contributed by atoms with E-state index in [4.69, 9.17) is 14.6 Å². The van der Waals surface area contributed by atoms with Crippen molar-refractivity contribution in [2.75, 3.05) is 82.5 Å². The van der Waals surface area contributed by atoms with E-state index in [0.717, 1.165) is 0 Å². The minimum Gasteiger partial charge on any atom is -0.442 e. The Morgan fingerprint density at radius 1 is 1.29 bits per heavy atom. The number of carbonyl (C=O) groups excluding carboxylic acids is 1. The van der Waals surface area contributed by atoms with Gasteiger partial charge in [0.1, 0.15) is 18.0 Å². The van der Waals surface area contributed by atoms with Crippen LogP contribution in [0.3, 0.4) is 0 Å². The fraction of sp³-hybridized carbons (Fsp3) is 0.650. The second-order valence-electron chi connectivity index (χ2n) is 8.07. The number of amides is 1. The van der Waals surface area contributed by atoms with Crippen molar-refractivity contribution < 1.29 is 23.8 Å². The maximum Gasteiger partial charge on any atom is 0.414 e. The molecular formula is C20H29FN6O4. The molecule has 31 heavy (non-hydrogen) atoms. The molecule has 1 amide bonds. The first-order valence-electron chi connectivity index (χ1n) is 10.6. The average Bonchev–Trinajstić information content (AvgIpc) is 3.34. The maximum absolute atomic E-state index is 14.7. The van der Waals surface area contributed by atoms with Crippen molar-refractivity contribution in [1.29, 1.82) is 0 Å². The van der Waals surface area contributed by atoms with Gasteiger partial charge in [-0.3, -0.25) is 9.91 Å². The summed E-state index contributed by atoms with van der Waals surface area (Å²) in [5.41, 5.74) is 0.999. The van der Waals surface area contributed by atoms with Crippen LogP contribution < -0.4 is 9.80 Å². The van der Waals surface area contributed by atoms with Crippen LogP contribution in [-0.2, 0) is 9.47 Å². The largest absolute Gasteiger partial charge is 0.442 e. The van der Waals surface area contributed by atoms with E-state index < -0.39 is 6.09 Å². The SMILES string of the molecule is CN(CCO)CC1CN(C[C@H]2CN(c3ccc(N4CCOCC4)c(F)c3)C(=O)O2)N=N1. The van der Waals surface area contributed by atoms with Crippen molar-refractivity contribution in [3.63, 3.8) is 0 Å².